The second-order valence-corrected chi connectivity index (χ2v) is 5.09. The molecular weight excluding hydrogens is 272 g/mol. The summed E-state index contributed by atoms with van der Waals surface area (Å²) < 4.78 is 0. The van der Waals surface area contributed by atoms with Gasteiger partial charge in [-0.05, 0) is 30.2 Å². The highest BCUT2D eigenvalue weighted by Gasteiger charge is 2.11. The molecule has 0 radical (unpaired) electrons. The summed E-state index contributed by atoms with van der Waals surface area (Å²) in [4.78, 5) is 13.8. The molecule has 104 valence electrons. The van der Waals surface area contributed by atoms with Crippen LogP contribution < -0.4 is 5.32 Å². The molecule has 2 rings (SSSR count). The predicted molar refractivity (Wildman–Crippen MR) is 83.1 cm³/mol. The lowest BCUT2D eigenvalue weighted by atomic mass is 10.2. The van der Waals surface area contributed by atoms with Crippen LogP contribution in [0.3, 0.4) is 0 Å². The molecule has 0 unspecified atom stereocenters. The van der Waals surface area contributed by atoms with Crippen LogP contribution in [-0.4, -0.2) is 18.0 Å². The first-order valence-electron chi connectivity index (χ1n) is 6.39. The summed E-state index contributed by atoms with van der Waals surface area (Å²) in [7, 11) is 1.77. The van der Waals surface area contributed by atoms with Crippen molar-refractivity contribution in [3.05, 3.63) is 64.7 Å². The Bertz CT molecular complexity index is 599. The van der Waals surface area contributed by atoms with E-state index in [1.165, 1.54) is 0 Å². The molecule has 0 heterocycles. The van der Waals surface area contributed by atoms with E-state index in [0.717, 1.165) is 16.8 Å². The summed E-state index contributed by atoms with van der Waals surface area (Å²) in [6, 6.07) is 15.2. The Balaban J connectivity index is 2.03. The van der Waals surface area contributed by atoms with Gasteiger partial charge in [0.05, 0.1) is 0 Å². The highest BCUT2D eigenvalue weighted by Crippen LogP contribution is 2.23. The van der Waals surface area contributed by atoms with Crippen molar-refractivity contribution >= 4 is 23.3 Å². The normalized spacial score (nSPS) is 10.2. The van der Waals surface area contributed by atoms with Crippen molar-refractivity contribution in [1.29, 1.82) is 0 Å². The minimum absolute atomic E-state index is 0.154. The van der Waals surface area contributed by atoms with Crippen LogP contribution in [0, 0.1) is 6.92 Å². The Morgan fingerprint density at radius 1 is 1.15 bits per heavy atom. The Kier molecular flexibility index (Phi) is 4.64. The quantitative estimate of drug-likeness (QED) is 0.896. The van der Waals surface area contributed by atoms with Crippen molar-refractivity contribution in [2.75, 3.05) is 12.4 Å². The lowest BCUT2D eigenvalue weighted by Crippen LogP contribution is -2.31. The summed E-state index contributed by atoms with van der Waals surface area (Å²) in [5.74, 6) is 0. The van der Waals surface area contributed by atoms with Crippen LogP contribution in [-0.2, 0) is 6.54 Å². The van der Waals surface area contributed by atoms with E-state index in [-0.39, 0.29) is 6.03 Å². The SMILES string of the molecule is Cc1c(Cl)cccc1NC(=O)N(C)Cc1ccccc1. The van der Waals surface area contributed by atoms with Crippen LogP contribution >= 0.6 is 11.6 Å². The van der Waals surface area contributed by atoms with E-state index in [2.05, 4.69) is 5.32 Å². The Morgan fingerprint density at radius 3 is 2.55 bits per heavy atom. The molecule has 0 spiro atoms. The smallest absolute Gasteiger partial charge is 0.321 e. The largest absolute Gasteiger partial charge is 0.323 e. The number of hydrogen-bond donors (Lipinski definition) is 1. The van der Waals surface area contributed by atoms with Crippen molar-refractivity contribution in [1.82, 2.24) is 4.90 Å². The maximum absolute atomic E-state index is 12.2. The summed E-state index contributed by atoms with van der Waals surface area (Å²) in [6.45, 7) is 2.45. The van der Waals surface area contributed by atoms with E-state index < -0.39 is 0 Å². The Morgan fingerprint density at radius 2 is 1.85 bits per heavy atom. The van der Waals surface area contributed by atoms with E-state index in [0.29, 0.717) is 11.6 Å². The van der Waals surface area contributed by atoms with Gasteiger partial charge in [-0.25, -0.2) is 4.79 Å². The van der Waals surface area contributed by atoms with Crippen LogP contribution in [0.5, 0.6) is 0 Å². The molecule has 0 aliphatic rings. The number of carbonyl (C=O) groups excluding carboxylic acids is 1. The standard InChI is InChI=1S/C16H17ClN2O/c1-12-14(17)9-6-10-15(12)18-16(20)19(2)11-13-7-4-3-5-8-13/h3-10H,11H2,1-2H3,(H,18,20). The number of carbonyl (C=O) groups is 1. The van der Waals surface area contributed by atoms with Crippen molar-refractivity contribution in [3.63, 3.8) is 0 Å². The minimum atomic E-state index is -0.154. The summed E-state index contributed by atoms with van der Waals surface area (Å²) in [5, 5.41) is 3.52. The zero-order valence-electron chi connectivity index (χ0n) is 11.6. The molecule has 0 aliphatic carbocycles. The topological polar surface area (TPSA) is 32.3 Å². The zero-order valence-corrected chi connectivity index (χ0v) is 12.3. The first-order valence-corrected chi connectivity index (χ1v) is 6.77. The van der Waals surface area contributed by atoms with Gasteiger partial charge in [-0.15, -0.1) is 0 Å². The molecule has 0 atom stereocenters. The average molecular weight is 289 g/mol. The summed E-state index contributed by atoms with van der Waals surface area (Å²) >= 11 is 6.04. The number of nitrogens with zero attached hydrogens (tertiary/aromatic N) is 1. The first-order chi connectivity index (χ1) is 9.58. The van der Waals surface area contributed by atoms with E-state index in [1.807, 2.05) is 49.4 Å². The third-order valence-electron chi connectivity index (χ3n) is 3.12. The Labute approximate surface area is 124 Å². The first kappa shape index (κ1) is 14.4. The lowest BCUT2D eigenvalue weighted by molar-refractivity contribution is 0.220. The molecule has 2 aromatic carbocycles. The van der Waals surface area contributed by atoms with Crippen molar-refractivity contribution < 1.29 is 4.79 Å². The monoisotopic (exact) mass is 288 g/mol. The Hall–Kier alpha value is -2.00. The van der Waals surface area contributed by atoms with Gasteiger partial charge in [0.1, 0.15) is 0 Å². The fourth-order valence-corrected chi connectivity index (χ4v) is 2.06. The van der Waals surface area contributed by atoms with Gasteiger partial charge in [0.15, 0.2) is 0 Å². The maximum Gasteiger partial charge on any atom is 0.321 e. The number of amides is 2. The lowest BCUT2D eigenvalue weighted by Gasteiger charge is -2.19. The summed E-state index contributed by atoms with van der Waals surface area (Å²) in [6.07, 6.45) is 0. The van der Waals surface area contributed by atoms with E-state index in [4.69, 9.17) is 11.6 Å². The number of benzene rings is 2. The second-order valence-electron chi connectivity index (χ2n) is 4.68. The molecule has 3 nitrogen and oxygen atoms in total. The fourth-order valence-electron chi connectivity index (χ4n) is 1.88. The van der Waals surface area contributed by atoms with Gasteiger partial charge in [-0.1, -0.05) is 48.0 Å². The molecule has 0 aromatic heterocycles. The van der Waals surface area contributed by atoms with Gasteiger partial charge in [-0.2, -0.15) is 0 Å². The second kappa shape index (κ2) is 6.44. The fraction of sp³-hybridized carbons (Fsp3) is 0.188. The molecule has 4 heteroatoms. The number of nitrogens with one attached hydrogen (secondary N) is 1. The van der Waals surface area contributed by atoms with Crippen molar-refractivity contribution in [3.8, 4) is 0 Å². The van der Waals surface area contributed by atoms with Gasteiger partial charge < -0.3 is 10.2 Å². The molecule has 2 amide bonds. The van der Waals surface area contributed by atoms with E-state index in [9.17, 15) is 4.79 Å². The highest BCUT2D eigenvalue weighted by atomic mass is 35.5. The minimum Gasteiger partial charge on any atom is -0.323 e. The number of anilines is 1. The molecule has 1 N–H and O–H groups in total. The molecule has 0 bridgehead atoms. The van der Waals surface area contributed by atoms with Crippen molar-refractivity contribution in [2.45, 2.75) is 13.5 Å². The predicted octanol–water partition coefficient (Wildman–Crippen LogP) is 4.31. The molecule has 20 heavy (non-hydrogen) atoms. The number of hydrogen-bond acceptors (Lipinski definition) is 1. The highest BCUT2D eigenvalue weighted by molar-refractivity contribution is 6.31. The maximum atomic E-state index is 12.2. The van der Waals surface area contributed by atoms with Crippen LogP contribution in [0.15, 0.2) is 48.5 Å². The number of urea groups is 1. The zero-order chi connectivity index (χ0) is 14.5. The average Bonchev–Trinajstić information content (AvgIpc) is 2.45. The van der Waals surface area contributed by atoms with Crippen LogP contribution in [0.4, 0.5) is 10.5 Å². The third-order valence-corrected chi connectivity index (χ3v) is 3.53. The summed E-state index contributed by atoms with van der Waals surface area (Å²) in [5.41, 5.74) is 2.70. The van der Waals surface area contributed by atoms with Crippen LogP contribution in [0.1, 0.15) is 11.1 Å². The van der Waals surface area contributed by atoms with Crippen molar-refractivity contribution in [2.24, 2.45) is 0 Å². The molecule has 2 aromatic rings. The van der Waals surface area contributed by atoms with Gasteiger partial charge >= 0.3 is 6.03 Å². The van der Waals surface area contributed by atoms with Crippen LogP contribution in [0.2, 0.25) is 5.02 Å². The molecule has 0 fully saturated rings. The number of rotatable bonds is 3. The molecular formula is C16H17ClN2O. The molecule has 0 aliphatic heterocycles. The number of halogens is 1. The molecule has 0 saturated heterocycles. The van der Waals surface area contributed by atoms with E-state index in [1.54, 1.807) is 18.0 Å². The molecule has 0 saturated carbocycles. The van der Waals surface area contributed by atoms with Gasteiger partial charge in [-0.3, -0.25) is 0 Å². The third kappa shape index (κ3) is 3.52. The van der Waals surface area contributed by atoms with Crippen LogP contribution in [0.25, 0.3) is 0 Å². The van der Waals surface area contributed by atoms with Gasteiger partial charge in [0.2, 0.25) is 0 Å². The van der Waals surface area contributed by atoms with E-state index >= 15 is 0 Å². The van der Waals surface area contributed by atoms with Gasteiger partial charge in [0.25, 0.3) is 0 Å². The van der Waals surface area contributed by atoms with Gasteiger partial charge in [0, 0.05) is 24.3 Å².